The molecule has 4 rings (SSSR count). The van der Waals surface area contributed by atoms with Gasteiger partial charge in [-0.05, 0) is 36.3 Å². The first-order chi connectivity index (χ1) is 13.5. The summed E-state index contributed by atoms with van der Waals surface area (Å²) >= 11 is 5.71. The van der Waals surface area contributed by atoms with Crippen LogP contribution < -0.4 is 0 Å². The number of rotatable bonds is 4. The number of hydrogen-bond acceptors (Lipinski definition) is 6. The Morgan fingerprint density at radius 3 is 2.79 bits per heavy atom. The van der Waals surface area contributed by atoms with Crippen LogP contribution in [-0.2, 0) is 18.3 Å². The van der Waals surface area contributed by atoms with Gasteiger partial charge >= 0.3 is 0 Å². The van der Waals surface area contributed by atoms with Crippen molar-refractivity contribution in [3.8, 4) is 11.4 Å². The predicted octanol–water partition coefficient (Wildman–Crippen LogP) is 1.67. The molecule has 0 unspecified atom stereocenters. The highest BCUT2D eigenvalue weighted by molar-refractivity contribution is 6.30. The van der Waals surface area contributed by atoms with Crippen molar-refractivity contribution >= 4 is 17.5 Å². The van der Waals surface area contributed by atoms with Crippen molar-refractivity contribution in [2.45, 2.75) is 25.3 Å². The summed E-state index contributed by atoms with van der Waals surface area (Å²) in [6, 6.07) is 4.45. The first kappa shape index (κ1) is 18.5. The summed E-state index contributed by atoms with van der Waals surface area (Å²) < 4.78 is 15.2. The number of amides is 1. The first-order valence-corrected chi connectivity index (χ1v) is 9.24. The summed E-state index contributed by atoms with van der Waals surface area (Å²) in [4.78, 5) is 19.9. The van der Waals surface area contributed by atoms with Gasteiger partial charge in [0.25, 0.3) is 0 Å². The van der Waals surface area contributed by atoms with Crippen molar-refractivity contribution in [3.63, 3.8) is 0 Å². The molecule has 0 aliphatic carbocycles. The molecular weight excluding hydrogens is 387 g/mol. The molecule has 1 saturated heterocycles. The molecule has 3 aromatic rings. The molecule has 146 valence electrons. The SMILES string of the molecule is Cn1ncnc1CC(=O)N1CCC(n2nnc(-c3ccc(Cl)c(F)c3)n2)CC1. The van der Waals surface area contributed by atoms with Gasteiger partial charge in [-0.2, -0.15) is 9.90 Å². The molecule has 9 nitrogen and oxygen atoms in total. The van der Waals surface area contributed by atoms with Crippen LogP contribution in [0.15, 0.2) is 24.5 Å². The number of aromatic nitrogens is 7. The Morgan fingerprint density at radius 2 is 2.11 bits per heavy atom. The average Bonchev–Trinajstić information content (AvgIpc) is 3.34. The zero-order chi connectivity index (χ0) is 19.7. The van der Waals surface area contributed by atoms with Crippen LogP contribution in [0.25, 0.3) is 11.4 Å². The van der Waals surface area contributed by atoms with Gasteiger partial charge in [-0.25, -0.2) is 9.37 Å². The van der Waals surface area contributed by atoms with Crippen LogP contribution in [0, 0.1) is 5.82 Å². The van der Waals surface area contributed by atoms with E-state index in [1.54, 1.807) is 22.6 Å². The summed E-state index contributed by atoms with van der Waals surface area (Å²) in [5.74, 6) is 0.491. The van der Waals surface area contributed by atoms with E-state index in [-0.39, 0.29) is 23.4 Å². The summed E-state index contributed by atoms with van der Waals surface area (Å²) in [7, 11) is 1.77. The second-order valence-corrected chi connectivity index (χ2v) is 7.06. The van der Waals surface area contributed by atoms with Crippen LogP contribution in [0.2, 0.25) is 5.02 Å². The molecule has 0 bridgehead atoms. The number of carbonyl (C=O) groups excluding carboxylic acids is 1. The second-order valence-electron chi connectivity index (χ2n) is 6.65. The smallest absolute Gasteiger partial charge is 0.230 e. The number of likely N-dealkylation sites (tertiary alicyclic amines) is 1. The highest BCUT2D eigenvalue weighted by Crippen LogP contribution is 2.24. The fourth-order valence-electron chi connectivity index (χ4n) is 3.20. The third-order valence-electron chi connectivity index (χ3n) is 4.86. The number of tetrazole rings is 1. The molecule has 1 aliphatic heterocycles. The molecule has 0 radical (unpaired) electrons. The topological polar surface area (TPSA) is 94.6 Å². The Kier molecular flexibility index (Phi) is 5.03. The van der Waals surface area contributed by atoms with E-state index in [0.29, 0.717) is 30.3 Å². The zero-order valence-corrected chi connectivity index (χ0v) is 15.9. The zero-order valence-electron chi connectivity index (χ0n) is 15.2. The molecule has 0 atom stereocenters. The fraction of sp³-hybridized carbons (Fsp3) is 0.412. The van der Waals surface area contributed by atoms with Crippen LogP contribution in [0.3, 0.4) is 0 Å². The number of aryl methyl sites for hydroxylation is 1. The number of carbonyl (C=O) groups is 1. The molecule has 11 heteroatoms. The molecule has 0 saturated carbocycles. The maximum atomic E-state index is 13.6. The second kappa shape index (κ2) is 7.63. The maximum Gasteiger partial charge on any atom is 0.230 e. The van der Waals surface area contributed by atoms with Crippen molar-refractivity contribution in [1.82, 2.24) is 39.9 Å². The van der Waals surface area contributed by atoms with Crippen LogP contribution in [0.4, 0.5) is 4.39 Å². The molecule has 1 aromatic carbocycles. The van der Waals surface area contributed by atoms with Crippen LogP contribution >= 0.6 is 11.6 Å². The lowest BCUT2D eigenvalue weighted by Gasteiger charge is -2.31. The van der Waals surface area contributed by atoms with Gasteiger partial charge in [-0.15, -0.1) is 10.2 Å². The normalized spacial score (nSPS) is 15.2. The van der Waals surface area contributed by atoms with Crippen LogP contribution in [0.1, 0.15) is 24.7 Å². The molecular formula is C17H18ClFN8O. The van der Waals surface area contributed by atoms with Gasteiger partial charge in [-0.3, -0.25) is 9.48 Å². The number of piperidine rings is 1. The Labute approximate surface area is 165 Å². The highest BCUT2D eigenvalue weighted by atomic mass is 35.5. The van der Waals surface area contributed by atoms with E-state index in [4.69, 9.17) is 11.6 Å². The molecule has 0 N–H and O–H groups in total. The van der Waals surface area contributed by atoms with E-state index in [1.165, 1.54) is 18.5 Å². The maximum absolute atomic E-state index is 13.6. The minimum absolute atomic E-state index is 0.0263. The van der Waals surface area contributed by atoms with E-state index < -0.39 is 5.82 Å². The largest absolute Gasteiger partial charge is 0.342 e. The van der Waals surface area contributed by atoms with E-state index >= 15 is 0 Å². The Morgan fingerprint density at radius 1 is 1.32 bits per heavy atom. The minimum atomic E-state index is -0.523. The fourth-order valence-corrected chi connectivity index (χ4v) is 3.32. The molecule has 1 fully saturated rings. The van der Waals surface area contributed by atoms with E-state index in [1.807, 2.05) is 4.90 Å². The number of benzene rings is 1. The molecule has 28 heavy (non-hydrogen) atoms. The lowest BCUT2D eigenvalue weighted by Crippen LogP contribution is -2.40. The van der Waals surface area contributed by atoms with Crippen LogP contribution in [0.5, 0.6) is 0 Å². The molecule has 2 aromatic heterocycles. The molecule has 3 heterocycles. The average molecular weight is 405 g/mol. The van der Waals surface area contributed by atoms with Crippen molar-refractivity contribution in [3.05, 3.63) is 41.2 Å². The summed E-state index contributed by atoms with van der Waals surface area (Å²) in [5, 5.41) is 16.5. The lowest BCUT2D eigenvalue weighted by atomic mass is 10.1. The van der Waals surface area contributed by atoms with Gasteiger partial charge in [0.15, 0.2) is 0 Å². The molecule has 1 aliphatic rings. The summed E-state index contributed by atoms with van der Waals surface area (Å²) in [5.41, 5.74) is 0.518. The predicted molar refractivity (Wildman–Crippen MR) is 97.8 cm³/mol. The monoisotopic (exact) mass is 404 g/mol. The van der Waals surface area contributed by atoms with Crippen LogP contribution in [-0.4, -0.2) is 58.9 Å². The van der Waals surface area contributed by atoms with Gasteiger partial charge in [0.1, 0.15) is 18.0 Å². The van der Waals surface area contributed by atoms with Crippen molar-refractivity contribution in [2.75, 3.05) is 13.1 Å². The van der Waals surface area contributed by atoms with Gasteiger partial charge in [0, 0.05) is 25.7 Å². The minimum Gasteiger partial charge on any atom is -0.342 e. The van der Waals surface area contributed by atoms with Gasteiger partial charge in [0.2, 0.25) is 11.7 Å². The quantitative estimate of drug-likeness (QED) is 0.656. The highest BCUT2D eigenvalue weighted by Gasteiger charge is 2.26. The van der Waals surface area contributed by atoms with Gasteiger partial charge in [-0.1, -0.05) is 11.6 Å². The Hall–Kier alpha value is -2.88. The first-order valence-electron chi connectivity index (χ1n) is 8.87. The number of hydrogen-bond donors (Lipinski definition) is 0. The standard InChI is InChI=1S/C17H18ClFN8O/c1-25-15(20-10-21-25)9-16(28)26-6-4-12(5-7-26)27-23-17(22-24-27)11-2-3-13(18)14(19)8-11/h2-3,8,10,12H,4-7,9H2,1H3. The Balaban J connectivity index is 1.37. The molecule has 0 spiro atoms. The third kappa shape index (κ3) is 3.72. The van der Waals surface area contributed by atoms with Crippen molar-refractivity contribution in [1.29, 1.82) is 0 Å². The summed E-state index contributed by atoms with van der Waals surface area (Å²) in [6.45, 7) is 1.21. The van der Waals surface area contributed by atoms with E-state index in [2.05, 4.69) is 25.5 Å². The third-order valence-corrected chi connectivity index (χ3v) is 5.17. The van der Waals surface area contributed by atoms with Gasteiger partial charge in [0.05, 0.1) is 17.5 Å². The van der Waals surface area contributed by atoms with E-state index in [0.717, 1.165) is 12.8 Å². The summed E-state index contributed by atoms with van der Waals surface area (Å²) in [6.07, 6.45) is 3.11. The number of halogens is 2. The Bertz CT molecular complexity index is 995. The van der Waals surface area contributed by atoms with Crippen molar-refractivity contribution < 1.29 is 9.18 Å². The molecule has 1 amide bonds. The van der Waals surface area contributed by atoms with Crippen molar-refractivity contribution in [2.24, 2.45) is 7.05 Å². The lowest BCUT2D eigenvalue weighted by molar-refractivity contribution is -0.132. The van der Waals surface area contributed by atoms with E-state index in [9.17, 15) is 9.18 Å². The number of nitrogens with zero attached hydrogens (tertiary/aromatic N) is 8. The van der Waals surface area contributed by atoms with Gasteiger partial charge < -0.3 is 4.90 Å².